The maximum Gasteiger partial charge on any atom is 0.246 e. The number of amides is 2. The second kappa shape index (κ2) is 8.37. The first-order chi connectivity index (χ1) is 12.9. The van der Waals surface area contributed by atoms with Gasteiger partial charge in [-0.2, -0.15) is 0 Å². The molecule has 3 rings (SSSR count). The van der Waals surface area contributed by atoms with E-state index in [1.807, 2.05) is 17.0 Å². The van der Waals surface area contributed by atoms with Crippen molar-refractivity contribution in [2.45, 2.75) is 25.0 Å². The number of carbonyl (C=O) groups is 2. The molecule has 1 fully saturated rings. The van der Waals surface area contributed by atoms with E-state index >= 15 is 0 Å². The van der Waals surface area contributed by atoms with Crippen molar-refractivity contribution in [1.29, 1.82) is 0 Å². The molecule has 0 spiro atoms. The summed E-state index contributed by atoms with van der Waals surface area (Å²) in [5, 5.41) is 5.42. The number of sulfone groups is 1. The van der Waals surface area contributed by atoms with Crippen LogP contribution in [0.2, 0.25) is 0 Å². The van der Waals surface area contributed by atoms with Crippen LogP contribution in [0, 0.1) is 0 Å². The third kappa shape index (κ3) is 5.27. The molecule has 2 aliphatic heterocycles. The Morgan fingerprint density at radius 2 is 1.74 bits per heavy atom. The number of ether oxygens (including phenoxy) is 1. The summed E-state index contributed by atoms with van der Waals surface area (Å²) in [5.41, 5.74) is 2.52. The summed E-state index contributed by atoms with van der Waals surface area (Å²) < 4.78 is 28.7. The molecule has 1 aromatic rings. The van der Waals surface area contributed by atoms with Crippen LogP contribution in [0.1, 0.15) is 11.1 Å². The molecule has 2 atom stereocenters. The maximum absolute atomic E-state index is 12.5. The van der Waals surface area contributed by atoms with Gasteiger partial charge in [0.1, 0.15) is 6.61 Å². The van der Waals surface area contributed by atoms with Crippen LogP contribution >= 0.6 is 0 Å². The molecule has 2 N–H and O–H groups in total. The van der Waals surface area contributed by atoms with Crippen LogP contribution in [-0.2, 0) is 37.1 Å². The van der Waals surface area contributed by atoms with Crippen LogP contribution in [0.15, 0.2) is 24.3 Å². The van der Waals surface area contributed by atoms with Gasteiger partial charge in [0.15, 0.2) is 9.84 Å². The minimum atomic E-state index is -3.31. The summed E-state index contributed by atoms with van der Waals surface area (Å²) in [4.78, 5) is 26.2. The van der Waals surface area contributed by atoms with Crippen molar-refractivity contribution in [2.24, 2.45) is 0 Å². The molecule has 148 valence electrons. The third-order valence-corrected chi connectivity index (χ3v) is 6.63. The highest BCUT2D eigenvalue weighted by atomic mass is 32.2. The minimum absolute atomic E-state index is 0.148. The molecule has 0 saturated carbocycles. The summed E-state index contributed by atoms with van der Waals surface area (Å²) in [6.07, 6.45) is 0.886. The van der Waals surface area contributed by atoms with Gasteiger partial charge >= 0.3 is 0 Å². The molecule has 0 aliphatic carbocycles. The second-order valence-electron chi connectivity index (χ2n) is 7.09. The Kier molecular flexibility index (Phi) is 6.13. The van der Waals surface area contributed by atoms with Crippen molar-refractivity contribution in [3.63, 3.8) is 0 Å². The van der Waals surface area contributed by atoms with Crippen LogP contribution in [0.5, 0.6) is 0 Å². The van der Waals surface area contributed by atoms with Crippen LogP contribution in [0.25, 0.3) is 0 Å². The molecule has 8 nitrogen and oxygen atoms in total. The van der Waals surface area contributed by atoms with Gasteiger partial charge in [-0.05, 0) is 17.5 Å². The van der Waals surface area contributed by atoms with Crippen molar-refractivity contribution < 1.29 is 22.7 Å². The topological polar surface area (TPSA) is 105 Å². The molecule has 0 unspecified atom stereocenters. The normalized spacial score (nSPS) is 24.2. The van der Waals surface area contributed by atoms with Crippen LogP contribution in [-0.4, -0.2) is 75.5 Å². The van der Waals surface area contributed by atoms with Crippen molar-refractivity contribution in [2.75, 3.05) is 38.3 Å². The van der Waals surface area contributed by atoms with E-state index in [1.54, 1.807) is 0 Å². The Hall–Kier alpha value is -1.97. The van der Waals surface area contributed by atoms with Crippen molar-refractivity contribution in [3.05, 3.63) is 35.4 Å². The van der Waals surface area contributed by atoms with E-state index in [0.29, 0.717) is 6.54 Å². The van der Waals surface area contributed by atoms with Gasteiger partial charge in [-0.25, -0.2) is 8.42 Å². The summed E-state index contributed by atoms with van der Waals surface area (Å²) in [7, 11) is -1.92. The monoisotopic (exact) mass is 395 g/mol. The lowest BCUT2D eigenvalue weighted by Gasteiger charge is -2.29. The average molecular weight is 395 g/mol. The van der Waals surface area contributed by atoms with E-state index in [-0.39, 0.29) is 30.6 Å². The fourth-order valence-corrected chi connectivity index (χ4v) is 5.52. The Morgan fingerprint density at radius 1 is 1.11 bits per heavy atom. The first kappa shape index (κ1) is 19.8. The molecule has 0 radical (unpaired) electrons. The molecule has 27 heavy (non-hydrogen) atoms. The summed E-state index contributed by atoms with van der Waals surface area (Å²) in [6, 6.07) is 6.90. The molecule has 2 aliphatic rings. The number of benzene rings is 1. The molecule has 9 heteroatoms. The van der Waals surface area contributed by atoms with Crippen molar-refractivity contribution in [3.8, 4) is 0 Å². The zero-order valence-electron chi connectivity index (χ0n) is 15.3. The number of hydrogen-bond donors (Lipinski definition) is 2. The summed E-state index contributed by atoms with van der Waals surface area (Å²) in [6.45, 7) is 1.52. The number of methoxy groups -OCH3 is 1. The second-order valence-corrected chi connectivity index (χ2v) is 9.24. The Labute approximate surface area is 159 Å². The fourth-order valence-electron chi connectivity index (χ4n) is 3.66. The quantitative estimate of drug-likeness (QED) is 0.646. The molecular formula is C18H25N3O5S. The largest absolute Gasteiger partial charge is 0.375 e. The number of rotatable bonds is 6. The SMILES string of the molecule is COCC(=O)N[C@@H]1CS(=O)(=O)C[C@H]1NC(=O)CN1CCc2ccccc2C1. The lowest BCUT2D eigenvalue weighted by Crippen LogP contribution is -2.53. The first-order valence-corrected chi connectivity index (χ1v) is 10.8. The zero-order valence-corrected chi connectivity index (χ0v) is 16.1. The van der Waals surface area contributed by atoms with E-state index in [2.05, 4.69) is 22.8 Å². The van der Waals surface area contributed by atoms with Crippen molar-refractivity contribution in [1.82, 2.24) is 15.5 Å². The van der Waals surface area contributed by atoms with Gasteiger partial charge in [-0.15, -0.1) is 0 Å². The lowest BCUT2D eigenvalue weighted by atomic mass is 10.00. The predicted octanol–water partition coefficient (Wildman–Crippen LogP) is -0.911. The standard InChI is InChI=1S/C18H25N3O5S/c1-26-10-18(23)20-16-12-27(24,25)11-15(16)19-17(22)9-21-7-6-13-4-2-3-5-14(13)8-21/h2-5,15-16H,6-12H2,1H3,(H,19,22)(H,20,23)/t15-,16-/m1/s1. The van der Waals surface area contributed by atoms with Gasteiger partial charge in [-0.3, -0.25) is 14.5 Å². The smallest absolute Gasteiger partial charge is 0.246 e. The maximum atomic E-state index is 12.5. The molecule has 2 heterocycles. The van der Waals surface area contributed by atoms with E-state index in [4.69, 9.17) is 4.74 Å². The molecular weight excluding hydrogens is 370 g/mol. The highest BCUT2D eigenvalue weighted by Crippen LogP contribution is 2.18. The van der Waals surface area contributed by atoms with Crippen LogP contribution in [0.4, 0.5) is 0 Å². The van der Waals surface area contributed by atoms with Crippen LogP contribution in [0.3, 0.4) is 0 Å². The highest BCUT2D eigenvalue weighted by molar-refractivity contribution is 7.91. The summed E-state index contributed by atoms with van der Waals surface area (Å²) in [5.74, 6) is -0.974. The van der Waals surface area contributed by atoms with Crippen molar-refractivity contribution >= 4 is 21.7 Å². The Morgan fingerprint density at radius 3 is 2.41 bits per heavy atom. The number of nitrogens with one attached hydrogen (secondary N) is 2. The van der Waals surface area contributed by atoms with Gasteiger partial charge in [0.2, 0.25) is 11.8 Å². The molecule has 0 bridgehead atoms. The molecule has 2 amide bonds. The number of carbonyl (C=O) groups excluding carboxylic acids is 2. The number of nitrogens with zero attached hydrogens (tertiary/aromatic N) is 1. The van der Waals surface area contributed by atoms with Crippen LogP contribution < -0.4 is 10.6 Å². The molecule has 0 aromatic heterocycles. The van der Waals surface area contributed by atoms with Gasteiger partial charge in [0, 0.05) is 20.2 Å². The van der Waals surface area contributed by atoms with Gasteiger partial charge in [0.25, 0.3) is 0 Å². The molecule has 1 saturated heterocycles. The van der Waals surface area contributed by atoms with Gasteiger partial charge in [-0.1, -0.05) is 24.3 Å². The number of hydrogen-bond acceptors (Lipinski definition) is 6. The lowest BCUT2D eigenvalue weighted by molar-refractivity contribution is -0.126. The Balaban J connectivity index is 1.56. The molecule has 1 aromatic carbocycles. The van der Waals surface area contributed by atoms with E-state index in [1.165, 1.54) is 18.2 Å². The van der Waals surface area contributed by atoms with E-state index in [0.717, 1.165) is 13.0 Å². The van der Waals surface area contributed by atoms with E-state index < -0.39 is 27.8 Å². The third-order valence-electron chi connectivity index (χ3n) is 4.90. The van der Waals surface area contributed by atoms with Gasteiger partial charge < -0.3 is 15.4 Å². The number of fused-ring (bicyclic) bond motifs is 1. The highest BCUT2D eigenvalue weighted by Gasteiger charge is 2.39. The van der Waals surface area contributed by atoms with E-state index in [9.17, 15) is 18.0 Å². The predicted molar refractivity (Wildman–Crippen MR) is 99.8 cm³/mol. The average Bonchev–Trinajstić information content (AvgIpc) is 2.88. The minimum Gasteiger partial charge on any atom is -0.375 e. The zero-order chi connectivity index (χ0) is 19.4. The Bertz CT molecular complexity index is 811. The summed E-state index contributed by atoms with van der Waals surface area (Å²) >= 11 is 0. The van der Waals surface area contributed by atoms with Gasteiger partial charge in [0.05, 0.1) is 30.1 Å². The first-order valence-electron chi connectivity index (χ1n) is 8.93. The fraction of sp³-hybridized carbons (Fsp3) is 0.556.